The van der Waals surface area contributed by atoms with Crippen molar-refractivity contribution in [1.82, 2.24) is 24.6 Å². The van der Waals surface area contributed by atoms with Gasteiger partial charge in [0.05, 0.1) is 12.8 Å². The summed E-state index contributed by atoms with van der Waals surface area (Å²) in [5, 5.41) is 5.29. The second kappa shape index (κ2) is 11.2. The van der Waals surface area contributed by atoms with Gasteiger partial charge in [0.1, 0.15) is 27.8 Å². The number of amides is 1. The van der Waals surface area contributed by atoms with Gasteiger partial charge < -0.3 is 14.4 Å². The molecule has 1 aliphatic heterocycles. The molecule has 0 bridgehead atoms. The van der Waals surface area contributed by atoms with Crippen LogP contribution in [-0.4, -0.2) is 65.0 Å². The van der Waals surface area contributed by atoms with E-state index in [1.54, 1.807) is 15.8 Å². The summed E-state index contributed by atoms with van der Waals surface area (Å²) >= 11 is 0. The number of fused-ring (bicyclic) bond motifs is 1. The summed E-state index contributed by atoms with van der Waals surface area (Å²) < 4.78 is 68.3. The number of carbonyl (C=O) groups is 1. The Kier molecular flexibility index (Phi) is 7.82. The van der Waals surface area contributed by atoms with Crippen molar-refractivity contribution in [3.05, 3.63) is 66.1 Å². The summed E-state index contributed by atoms with van der Waals surface area (Å²) in [4.78, 5) is 22.2. The molecule has 0 spiro atoms. The Morgan fingerprint density at radius 3 is 2.44 bits per heavy atom. The highest BCUT2D eigenvalue weighted by molar-refractivity contribution is 7.92. The number of rotatable bonds is 6. The van der Waals surface area contributed by atoms with E-state index in [0.29, 0.717) is 42.4 Å². The van der Waals surface area contributed by atoms with Crippen LogP contribution in [0, 0.1) is 11.6 Å². The highest BCUT2D eigenvalue weighted by Gasteiger charge is 2.26. The lowest BCUT2D eigenvalue weighted by Gasteiger charge is -2.29. The predicted octanol–water partition coefficient (Wildman–Crippen LogP) is 5.14. The van der Waals surface area contributed by atoms with Gasteiger partial charge in [0.2, 0.25) is 5.88 Å². The molecule has 0 saturated carbocycles. The van der Waals surface area contributed by atoms with Crippen LogP contribution < -0.4 is 9.46 Å². The number of ether oxygens (including phenoxy) is 2. The Labute approximate surface area is 247 Å². The summed E-state index contributed by atoms with van der Waals surface area (Å²) in [6.45, 7) is 6.32. The zero-order valence-corrected chi connectivity index (χ0v) is 25.0. The van der Waals surface area contributed by atoms with Crippen molar-refractivity contribution in [2.24, 2.45) is 7.05 Å². The lowest BCUT2D eigenvalue weighted by molar-refractivity contribution is 0.0270. The van der Waals surface area contributed by atoms with Crippen molar-refractivity contribution >= 4 is 38.4 Å². The first-order chi connectivity index (χ1) is 20.3. The molecule has 43 heavy (non-hydrogen) atoms. The summed E-state index contributed by atoms with van der Waals surface area (Å²) in [7, 11) is -1.32. The fourth-order valence-electron chi connectivity index (χ4n) is 4.73. The smallest absolute Gasteiger partial charge is 0.410 e. The topological polar surface area (TPSA) is 129 Å². The van der Waals surface area contributed by atoms with Crippen molar-refractivity contribution in [3.8, 4) is 17.0 Å². The number of hydrogen-bond donors (Lipinski definition) is 1. The van der Waals surface area contributed by atoms with Gasteiger partial charge in [0, 0.05) is 55.1 Å². The van der Waals surface area contributed by atoms with E-state index in [4.69, 9.17) is 9.47 Å². The summed E-state index contributed by atoms with van der Waals surface area (Å²) in [6.07, 6.45) is 5.25. The number of nitrogens with one attached hydrogen (secondary N) is 1. The molecule has 4 heterocycles. The molecule has 226 valence electrons. The van der Waals surface area contributed by atoms with E-state index in [-0.39, 0.29) is 17.7 Å². The molecule has 0 atom stereocenters. The Hall–Kier alpha value is -4.59. The van der Waals surface area contributed by atoms with Gasteiger partial charge in [-0.25, -0.2) is 32.0 Å². The number of sulfonamides is 1. The van der Waals surface area contributed by atoms with Gasteiger partial charge in [-0.1, -0.05) is 6.08 Å². The second-order valence-electron chi connectivity index (χ2n) is 10.9. The second-order valence-corrected chi connectivity index (χ2v) is 12.6. The maximum Gasteiger partial charge on any atom is 0.410 e. The number of aryl methyl sites for hydroxylation is 1. The van der Waals surface area contributed by atoms with Crippen LogP contribution in [0.4, 0.5) is 19.3 Å². The van der Waals surface area contributed by atoms with Crippen LogP contribution in [0.3, 0.4) is 0 Å². The summed E-state index contributed by atoms with van der Waals surface area (Å²) in [5.41, 5.74) is 2.80. The van der Waals surface area contributed by atoms with Crippen LogP contribution in [0.2, 0.25) is 0 Å². The van der Waals surface area contributed by atoms with Crippen LogP contribution in [0.25, 0.3) is 27.7 Å². The van der Waals surface area contributed by atoms with Crippen LogP contribution >= 0.6 is 0 Å². The quantitative estimate of drug-likeness (QED) is 0.317. The molecule has 1 aromatic carbocycles. The molecular weight excluding hydrogens is 582 g/mol. The van der Waals surface area contributed by atoms with Gasteiger partial charge in [-0.3, -0.25) is 9.40 Å². The predicted molar refractivity (Wildman–Crippen MR) is 156 cm³/mol. The van der Waals surface area contributed by atoms with E-state index in [1.165, 1.54) is 19.4 Å². The third-order valence-electron chi connectivity index (χ3n) is 6.66. The lowest BCUT2D eigenvalue weighted by Crippen LogP contribution is -2.39. The Morgan fingerprint density at radius 1 is 1.07 bits per heavy atom. The molecule has 0 aliphatic carbocycles. The minimum Gasteiger partial charge on any atom is -0.480 e. The van der Waals surface area contributed by atoms with Gasteiger partial charge >= 0.3 is 6.09 Å². The number of pyridine rings is 2. The molecule has 0 radical (unpaired) electrons. The zero-order chi connectivity index (χ0) is 31.1. The Morgan fingerprint density at radius 2 is 1.79 bits per heavy atom. The third kappa shape index (κ3) is 6.28. The molecule has 11 nitrogen and oxygen atoms in total. The van der Waals surface area contributed by atoms with E-state index in [1.807, 2.05) is 40.0 Å². The number of carbonyl (C=O) groups excluding carboxylic acids is 1. The number of anilines is 1. The summed E-state index contributed by atoms with van der Waals surface area (Å²) in [5.74, 6) is -2.19. The van der Waals surface area contributed by atoms with E-state index in [0.717, 1.165) is 28.8 Å². The zero-order valence-electron chi connectivity index (χ0n) is 24.2. The van der Waals surface area contributed by atoms with Crippen LogP contribution in [0.15, 0.2) is 53.7 Å². The van der Waals surface area contributed by atoms with Gasteiger partial charge in [0.25, 0.3) is 10.0 Å². The highest BCUT2D eigenvalue weighted by Crippen LogP contribution is 2.34. The molecule has 0 fully saturated rings. The first-order valence-electron chi connectivity index (χ1n) is 13.3. The fourth-order valence-corrected chi connectivity index (χ4v) is 5.84. The van der Waals surface area contributed by atoms with Crippen molar-refractivity contribution in [1.29, 1.82) is 0 Å². The van der Waals surface area contributed by atoms with E-state index in [2.05, 4.69) is 19.8 Å². The van der Waals surface area contributed by atoms with Crippen molar-refractivity contribution in [2.75, 3.05) is 24.9 Å². The average molecular weight is 613 g/mol. The third-order valence-corrected chi connectivity index (χ3v) is 8.06. The van der Waals surface area contributed by atoms with Crippen molar-refractivity contribution in [2.45, 2.75) is 37.7 Å². The van der Waals surface area contributed by atoms with E-state index >= 15 is 0 Å². The molecule has 3 aromatic heterocycles. The molecular formula is C29H30F2N6O5S. The molecule has 1 N–H and O–H groups in total. The van der Waals surface area contributed by atoms with Crippen LogP contribution in [0.1, 0.15) is 32.9 Å². The van der Waals surface area contributed by atoms with Gasteiger partial charge in [0.15, 0.2) is 5.65 Å². The SMILES string of the molecule is COc1ncc(-c2cnc3nn(C)c(C4=CCN(C(=O)OC(C)(C)C)CC4)c3c2)cc1NS(=O)(=O)c1ccc(F)cc1F. The normalized spacial score (nSPS) is 14.0. The molecule has 5 rings (SSSR count). The first kappa shape index (κ1) is 29.9. The molecule has 0 saturated heterocycles. The van der Waals surface area contributed by atoms with E-state index < -0.39 is 32.2 Å². The minimum atomic E-state index is -4.45. The monoisotopic (exact) mass is 612 g/mol. The molecule has 0 unspecified atom stereocenters. The van der Waals surface area contributed by atoms with E-state index in [9.17, 15) is 22.0 Å². The van der Waals surface area contributed by atoms with Gasteiger partial charge in [-0.2, -0.15) is 5.10 Å². The number of aromatic nitrogens is 4. The highest BCUT2D eigenvalue weighted by atomic mass is 32.2. The van der Waals surface area contributed by atoms with Gasteiger partial charge in [-0.15, -0.1) is 0 Å². The maximum atomic E-state index is 14.3. The Bertz CT molecular complexity index is 1870. The van der Waals surface area contributed by atoms with Crippen molar-refractivity contribution in [3.63, 3.8) is 0 Å². The molecule has 14 heteroatoms. The fraction of sp³-hybridized carbons (Fsp3) is 0.310. The van der Waals surface area contributed by atoms with Crippen LogP contribution in [0.5, 0.6) is 5.88 Å². The number of halogens is 2. The molecule has 4 aromatic rings. The minimum absolute atomic E-state index is 0.0483. The molecule has 1 amide bonds. The number of methoxy groups -OCH3 is 1. The standard InChI is InChI=1S/C29H30F2N6O5S/c1-29(2,3)42-28(38)37-10-8-17(9-11-37)25-21-12-18(15-32-26(21)34-36(25)4)19-13-23(27(41-5)33-16-19)35-43(39,40)24-7-6-20(30)14-22(24)31/h6-8,12-16,35H,9-11H2,1-5H3. The lowest BCUT2D eigenvalue weighted by atomic mass is 10.0. The molecule has 1 aliphatic rings. The van der Waals surface area contributed by atoms with Gasteiger partial charge in [-0.05, 0) is 57.0 Å². The largest absolute Gasteiger partial charge is 0.480 e. The van der Waals surface area contributed by atoms with Crippen molar-refractivity contribution < 1.29 is 31.5 Å². The number of nitrogens with zero attached hydrogens (tertiary/aromatic N) is 5. The first-order valence-corrected chi connectivity index (χ1v) is 14.8. The summed E-state index contributed by atoms with van der Waals surface area (Å²) in [6, 6.07) is 5.54. The number of benzene rings is 1. The average Bonchev–Trinajstić information content (AvgIpc) is 3.26. The maximum absolute atomic E-state index is 14.3. The number of hydrogen-bond acceptors (Lipinski definition) is 8. The van der Waals surface area contributed by atoms with Crippen LogP contribution in [-0.2, 0) is 21.8 Å². The Balaban J connectivity index is 1.47.